The van der Waals surface area contributed by atoms with Crippen molar-refractivity contribution in [2.75, 3.05) is 30.5 Å². The number of anilines is 2. The van der Waals surface area contributed by atoms with E-state index in [2.05, 4.69) is 25.6 Å². The molecule has 12 heteroatoms. The fourth-order valence-corrected chi connectivity index (χ4v) is 3.99. The number of nitrogens with one attached hydrogen (secondary N) is 3. The number of rotatable bonds is 7. The molecule has 1 aromatic carbocycles. The maximum atomic E-state index is 13.7. The van der Waals surface area contributed by atoms with Gasteiger partial charge in [-0.3, -0.25) is 4.79 Å². The molecule has 196 valence electrons. The van der Waals surface area contributed by atoms with Gasteiger partial charge >= 0.3 is 12.2 Å². The van der Waals surface area contributed by atoms with E-state index >= 15 is 0 Å². The minimum atomic E-state index is -4.58. The fraction of sp³-hybridized carbons (Fsp3) is 0.360. The SMILES string of the molecule is CCOc1cc(=O)[nH]cc1-c1ncc(NC(=O)Nc2ccc(CC3(C)COC3)c(C(F)(F)F)c2)c(C)n1. The molecular weight excluding hydrogens is 491 g/mol. The van der Waals surface area contributed by atoms with E-state index in [0.29, 0.717) is 36.8 Å². The number of halogens is 3. The molecule has 2 aromatic heterocycles. The number of hydrogen-bond donors (Lipinski definition) is 3. The predicted octanol–water partition coefficient (Wildman–Crippen LogP) is 4.78. The largest absolute Gasteiger partial charge is 0.493 e. The van der Waals surface area contributed by atoms with Crippen LogP contribution in [0.5, 0.6) is 5.75 Å². The highest BCUT2D eigenvalue weighted by molar-refractivity contribution is 6.00. The molecule has 0 spiro atoms. The Hall–Kier alpha value is -3.93. The van der Waals surface area contributed by atoms with Crippen molar-refractivity contribution in [2.45, 2.75) is 33.4 Å². The molecule has 0 unspecified atom stereocenters. The number of H-pyrrole nitrogens is 1. The fourth-order valence-electron chi connectivity index (χ4n) is 3.99. The lowest BCUT2D eigenvalue weighted by Crippen LogP contribution is -2.41. The second kappa shape index (κ2) is 10.2. The molecule has 4 rings (SSSR count). The first kappa shape index (κ1) is 26.1. The molecule has 2 amide bonds. The van der Waals surface area contributed by atoms with Gasteiger partial charge in [-0.15, -0.1) is 0 Å². The summed E-state index contributed by atoms with van der Waals surface area (Å²) in [6.45, 7) is 6.43. The van der Waals surface area contributed by atoms with Crippen molar-refractivity contribution < 1.29 is 27.4 Å². The summed E-state index contributed by atoms with van der Waals surface area (Å²) < 4.78 is 51.8. The normalized spacial score (nSPS) is 14.5. The Labute approximate surface area is 210 Å². The first-order chi connectivity index (χ1) is 17.5. The molecule has 1 saturated heterocycles. The molecule has 0 radical (unpaired) electrons. The van der Waals surface area contributed by atoms with Crippen LogP contribution < -0.4 is 20.9 Å². The molecule has 0 bridgehead atoms. The van der Waals surface area contributed by atoms with E-state index in [1.54, 1.807) is 13.8 Å². The van der Waals surface area contributed by atoms with Crippen molar-refractivity contribution in [1.82, 2.24) is 15.0 Å². The number of pyridine rings is 1. The van der Waals surface area contributed by atoms with Gasteiger partial charge in [-0.2, -0.15) is 13.2 Å². The summed E-state index contributed by atoms with van der Waals surface area (Å²) in [4.78, 5) is 35.3. The van der Waals surface area contributed by atoms with Gasteiger partial charge in [0, 0.05) is 23.4 Å². The summed E-state index contributed by atoms with van der Waals surface area (Å²) in [6, 6.07) is 4.28. The zero-order valence-corrected chi connectivity index (χ0v) is 20.5. The van der Waals surface area contributed by atoms with E-state index in [1.165, 1.54) is 30.6 Å². The van der Waals surface area contributed by atoms with Crippen LogP contribution in [-0.2, 0) is 17.3 Å². The summed E-state index contributed by atoms with van der Waals surface area (Å²) in [5.41, 5.74) is -0.215. The molecule has 1 aliphatic heterocycles. The maximum Gasteiger partial charge on any atom is 0.416 e. The number of urea groups is 1. The second-order valence-electron chi connectivity index (χ2n) is 9.13. The number of alkyl halides is 3. The Morgan fingerprint density at radius 3 is 2.62 bits per heavy atom. The van der Waals surface area contributed by atoms with Crippen LogP contribution in [0.2, 0.25) is 0 Å². The molecule has 0 aliphatic carbocycles. The van der Waals surface area contributed by atoms with Crippen LogP contribution in [0.25, 0.3) is 11.4 Å². The lowest BCUT2D eigenvalue weighted by Gasteiger charge is -2.38. The lowest BCUT2D eigenvalue weighted by molar-refractivity contribution is -0.139. The van der Waals surface area contributed by atoms with Gasteiger partial charge in [0.1, 0.15) is 5.75 Å². The smallest absolute Gasteiger partial charge is 0.416 e. The van der Waals surface area contributed by atoms with Crippen molar-refractivity contribution in [3.63, 3.8) is 0 Å². The van der Waals surface area contributed by atoms with Gasteiger partial charge in [-0.25, -0.2) is 14.8 Å². The van der Waals surface area contributed by atoms with Crippen LogP contribution in [0.15, 0.2) is 41.5 Å². The maximum absolute atomic E-state index is 13.7. The van der Waals surface area contributed by atoms with Crippen LogP contribution in [0, 0.1) is 12.3 Å². The molecular formula is C25H26F3N5O4. The van der Waals surface area contributed by atoms with Crippen molar-refractivity contribution in [3.05, 3.63) is 63.8 Å². The van der Waals surface area contributed by atoms with E-state index in [1.807, 2.05) is 6.92 Å². The average Bonchev–Trinajstić information content (AvgIpc) is 2.80. The quantitative estimate of drug-likeness (QED) is 0.415. The minimum Gasteiger partial charge on any atom is -0.493 e. The molecule has 9 nitrogen and oxygen atoms in total. The molecule has 3 aromatic rings. The topological polar surface area (TPSA) is 118 Å². The van der Waals surface area contributed by atoms with Gasteiger partial charge in [0.2, 0.25) is 0 Å². The van der Waals surface area contributed by atoms with E-state index in [4.69, 9.17) is 9.47 Å². The van der Waals surface area contributed by atoms with Gasteiger partial charge in [0.25, 0.3) is 5.56 Å². The van der Waals surface area contributed by atoms with Gasteiger partial charge < -0.3 is 25.1 Å². The Bertz CT molecular complexity index is 1370. The van der Waals surface area contributed by atoms with E-state index in [0.717, 1.165) is 6.07 Å². The highest BCUT2D eigenvalue weighted by atomic mass is 19.4. The molecule has 1 fully saturated rings. The number of nitrogens with zero attached hydrogens (tertiary/aromatic N) is 2. The zero-order valence-electron chi connectivity index (χ0n) is 20.5. The minimum absolute atomic E-state index is 0.00613. The highest BCUT2D eigenvalue weighted by Gasteiger charge is 2.39. The number of ether oxygens (including phenoxy) is 2. The molecule has 0 saturated carbocycles. The standard InChI is InChI=1S/C25H26F3N5O4/c1-4-37-20-8-21(34)29-10-17(20)22-30-11-19(14(2)31-22)33-23(35)32-16-6-5-15(9-24(3)12-36-13-24)18(7-16)25(26,27)28/h5-8,10-11H,4,9,12-13H2,1-3H3,(H,29,34)(H2,32,33,35). The Morgan fingerprint density at radius 1 is 1.24 bits per heavy atom. The monoisotopic (exact) mass is 517 g/mol. The zero-order chi connectivity index (χ0) is 26.8. The number of hydrogen-bond acceptors (Lipinski definition) is 6. The van der Waals surface area contributed by atoms with Crippen LogP contribution in [-0.4, -0.2) is 40.8 Å². The molecule has 1 aliphatic rings. The van der Waals surface area contributed by atoms with Crippen molar-refractivity contribution in [2.24, 2.45) is 5.41 Å². The number of benzene rings is 1. The number of aryl methyl sites for hydroxylation is 1. The number of carbonyl (C=O) groups is 1. The van der Waals surface area contributed by atoms with Gasteiger partial charge in [0.15, 0.2) is 5.82 Å². The van der Waals surface area contributed by atoms with Crippen LogP contribution in [0.1, 0.15) is 30.7 Å². The summed E-state index contributed by atoms with van der Waals surface area (Å²) >= 11 is 0. The summed E-state index contributed by atoms with van der Waals surface area (Å²) in [6.07, 6.45) is -1.56. The third kappa shape index (κ3) is 6.08. The third-order valence-corrected chi connectivity index (χ3v) is 5.85. The van der Waals surface area contributed by atoms with Crippen LogP contribution in [0.3, 0.4) is 0 Å². The van der Waals surface area contributed by atoms with Crippen molar-refractivity contribution in [1.29, 1.82) is 0 Å². The average molecular weight is 518 g/mol. The highest BCUT2D eigenvalue weighted by Crippen LogP contribution is 2.39. The number of carbonyl (C=O) groups excluding carboxylic acids is 1. The Morgan fingerprint density at radius 2 is 2.00 bits per heavy atom. The number of aromatic amines is 1. The van der Waals surface area contributed by atoms with Crippen molar-refractivity contribution >= 4 is 17.4 Å². The Balaban J connectivity index is 1.50. The Kier molecular flexibility index (Phi) is 7.21. The van der Waals surface area contributed by atoms with Crippen molar-refractivity contribution in [3.8, 4) is 17.1 Å². The number of aromatic nitrogens is 3. The summed E-state index contributed by atoms with van der Waals surface area (Å²) in [5.74, 6) is 0.575. The number of amides is 2. The molecule has 37 heavy (non-hydrogen) atoms. The van der Waals surface area contributed by atoms with Gasteiger partial charge in [-0.05, 0) is 38.0 Å². The van der Waals surface area contributed by atoms with E-state index < -0.39 is 17.8 Å². The predicted molar refractivity (Wildman–Crippen MR) is 131 cm³/mol. The molecule has 0 atom stereocenters. The van der Waals surface area contributed by atoms with Crippen LogP contribution in [0.4, 0.5) is 29.3 Å². The summed E-state index contributed by atoms with van der Waals surface area (Å²) in [7, 11) is 0. The third-order valence-electron chi connectivity index (χ3n) is 5.85. The second-order valence-corrected chi connectivity index (χ2v) is 9.13. The van der Waals surface area contributed by atoms with E-state index in [-0.39, 0.29) is 40.2 Å². The van der Waals surface area contributed by atoms with Gasteiger partial charge in [0.05, 0.1) is 48.5 Å². The molecule has 3 N–H and O–H groups in total. The van der Waals surface area contributed by atoms with Gasteiger partial charge in [-0.1, -0.05) is 13.0 Å². The van der Waals surface area contributed by atoms with Crippen LogP contribution >= 0.6 is 0 Å². The summed E-state index contributed by atoms with van der Waals surface area (Å²) in [5, 5.41) is 4.99. The molecule has 3 heterocycles. The first-order valence-electron chi connectivity index (χ1n) is 11.5. The van der Waals surface area contributed by atoms with E-state index in [9.17, 15) is 22.8 Å². The first-order valence-corrected chi connectivity index (χ1v) is 11.5. The lowest BCUT2D eigenvalue weighted by atomic mass is 9.80.